The molecule has 0 amide bonds. The molecule has 0 atom stereocenters. The summed E-state index contributed by atoms with van der Waals surface area (Å²) in [6.07, 6.45) is -2.10. The molecule has 0 saturated carbocycles. The molecule has 0 spiro atoms. The second kappa shape index (κ2) is 5.50. The molecule has 7 heteroatoms. The normalized spacial score (nSPS) is 10.9. The van der Waals surface area contributed by atoms with E-state index in [1.165, 1.54) is 0 Å². The molecule has 15 heavy (non-hydrogen) atoms. The zero-order valence-electron chi connectivity index (χ0n) is 8.28. The lowest BCUT2D eigenvalue weighted by atomic mass is 10.4. The topological polar surface area (TPSA) is 73.9 Å². The van der Waals surface area contributed by atoms with E-state index >= 15 is 0 Å². The summed E-state index contributed by atoms with van der Waals surface area (Å²) < 4.78 is 28.1. The first-order valence-corrected chi connectivity index (χ1v) is 4.41. The van der Waals surface area contributed by atoms with Gasteiger partial charge in [-0.25, -0.2) is 13.8 Å². The molecule has 0 fully saturated rings. The van der Waals surface area contributed by atoms with Crippen LogP contribution < -0.4 is 5.73 Å². The molecule has 0 aliphatic rings. The summed E-state index contributed by atoms with van der Waals surface area (Å²) in [5.41, 5.74) is 5.39. The van der Waals surface area contributed by atoms with Gasteiger partial charge < -0.3 is 10.5 Å². The van der Waals surface area contributed by atoms with E-state index in [9.17, 15) is 8.78 Å². The zero-order valence-corrected chi connectivity index (χ0v) is 8.28. The molecule has 5 nitrogen and oxygen atoms in total. The zero-order chi connectivity index (χ0) is 11.3. The van der Waals surface area contributed by atoms with Gasteiger partial charge in [-0.05, 0) is 6.92 Å². The van der Waals surface area contributed by atoms with E-state index in [0.717, 1.165) is 0 Å². The third-order valence-corrected chi connectivity index (χ3v) is 1.52. The average molecular weight is 218 g/mol. The fourth-order valence-corrected chi connectivity index (χ4v) is 1.01. The smallest absolute Gasteiger partial charge is 0.261 e. The Hall–Kier alpha value is -1.37. The minimum atomic E-state index is -2.45. The largest absolute Gasteiger partial charge is 0.375 e. The van der Waals surface area contributed by atoms with Crippen LogP contribution in [0.5, 0.6) is 0 Å². The highest BCUT2D eigenvalue weighted by Crippen LogP contribution is 1.99. The highest BCUT2D eigenvalue weighted by molar-refractivity contribution is 5.15. The maximum atomic E-state index is 11.7. The summed E-state index contributed by atoms with van der Waals surface area (Å²) in [6.45, 7) is 1.26. The summed E-state index contributed by atoms with van der Waals surface area (Å²) in [4.78, 5) is 11.6. The summed E-state index contributed by atoms with van der Waals surface area (Å²) in [7, 11) is 0. The fourth-order valence-electron chi connectivity index (χ4n) is 1.01. The number of hydrogen-bond acceptors (Lipinski definition) is 5. The number of nitrogens with zero attached hydrogens (tertiary/aromatic N) is 3. The van der Waals surface area contributed by atoms with Gasteiger partial charge >= 0.3 is 0 Å². The van der Waals surface area contributed by atoms with Crippen molar-refractivity contribution < 1.29 is 13.5 Å². The van der Waals surface area contributed by atoms with Gasteiger partial charge in [0.05, 0.1) is 6.61 Å². The molecule has 2 N–H and O–H groups in total. The Kier molecular flexibility index (Phi) is 4.29. The van der Waals surface area contributed by atoms with E-state index in [1.807, 2.05) is 0 Å². The molecular formula is C8H12F2N4O. The van der Waals surface area contributed by atoms with E-state index in [0.29, 0.717) is 18.1 Å². The predicted molar refractivity (Wildman–Crippen MR) is 49.5 cm³/mol. The standard InChI is InChI=1S/C8H12F2N4O/c1-5-12-7(14-8(11)13-5)2-3-15-4-6(9)10/h6H,2-4H2,1H3,(H2,11,12,13,14). The fraction of sp³-hybridized carbons (Fsp3) is 0.625. The molecule has 1 rings (SSSR count). The second-order valence-electron chi connectivity index (χ2n) is 2.87. The maximum absolute atomic E-state index is 11.7. The van der Waals surface area contributed by atoms with Crippen molar-refractivity contribution in [3.05, 3.63) is 11.6 Å². The molecule has 0 aliphatic heterocycles. The van der Waals surface area contributed by atoms with Crippen molar-refractivity contribution in [2.45, 2.75) is 19.8 Å². The number of anilines is 1. The van der Waals surface area contributed by atoms with Gasteiger partial charge in [0.1, 0.15) is 18.3 Å². The number of hydrogen-bond donors (Lipinski definition) is 1. The van der Waals surface area contributed by atoms with Crippen LogP contribution in [-0.4, -0.2) is 34.6 Å². The van der Waals surface area contributed by atoms with E-state index in [1.54, 1.807) is 6.92 Å². The minimum Gasteiger partial charge on any atom is -0.375 e. The number of nitrogen functional groups attached to an aromatic ring is 1. The first-order chi connectivity index (χ1) is 7.08. The van der Waals surface area contributed by atoms with Crippen molar-refractivity contribution >= 4 is 5.95 Å². The second-order valence-corrected chi connectivity index (χ2v) is 2.87. The number of aromatic nitrogens is 3. The third-order valence-electron chi connectivity index (χ3n) is 1.52. The number of aryl methyl sites for hydroxylation is 1. The van der Waals surface area contributed by atoms with Crippen molar-refractivity contribution in [1.29, 1.82) is 0 Å². The van der Waals surface area contributed by atoms with Crippen molar-refractivity contribution in [1.82, 2.24) is 15.0 Å². The molecule has 1 heterocycles. The van der Waals surface area contributed by atoms with Gasteiger partial charge in [0.2, 0.25) is 5.95 Å². The summed E-state index contributed by atoms with van der Waals surface area (Å²) >= 11 is 0. The van der Waals surface area contributed by atoms with Crippen LogP contribution in [0.4, 0.5) is 14.7 Å². The summed E-state index contributed by atoms with van der Waals surface area (Å²) in [5, 5.41) is 0. The Bertz CT molecular complexity index is 301. The molecular weight excluding hydrogens is 206 g/mol. The lowest BCUT2D eigenvalue weighted by Gasteiger charge is -2.03. The van der Waals surface area contributed by atoms with E-state index in [-0.39, 0.29) is 12.6 Å². The number of halogens is 2. The Morgan fingerprint density at radius 2 is 2.07 bits per heavy atom. The van der Waals surface area contributed by atoms with Gasteiger partial charge in [-0.1, -0.05) is 0 Å². The van der Waals surface area contributed by atoms with E-state index < -0.39 is 13.0 Å². The molecule has 1 aromatic heterocycles. The molecule has 0 bridgehead atoms. The Balaban J connectivity index is 2.37. The summed E-state index contributed by atoms with van der Waals surface area (Å²) in [6, 6.07) is 0. The monoisotopic (exact) mass is 218 g/mol. The van der Waals surface area contributed by atoms with Crippen LogP contribution >= 0.6 is 0 Å². The first-order valence-electron chi connectivity index (χ1n) is 4.41. The maximum Gasteiger partial charge on any atom is 0.261 e. The van der Waals surface area contributed by atoms with Crippen molar-refractivity contribution in [2.75, 3.05) is 18.9 Å². The predicted octanol–water partition coefficient (Wildman–Crippen LogP) is 0.586. The lowest BCUT2D eigenvalue weighted by Crippen LogP contribution is -2.10. The molecule has 0 aromatic carbocycles. The minimum absolute atomic E-state index is 0.131. The average Bonchev–Trinajstić information content (AvgIpc) is 2.10. The van der Waals surface area contributed by atoms with Gasteiger partial charge in [0.25, 0.3) is 6.43 Å². The number of rotatable bonds is 5. The van der Waals surface area contributed by atoms with Crippen molar-refractivity contribution in [2.24, 2.45) is 0 Å². The number of nitrogens with two attached hydrogens (primary N) is 1. The first kappa shape index (κ1) is 11.7. The van der Waals surface area contributed by atoms with Gasteiger partial charge in [0, 0.05) is 6.42 Å². The summed E-state index contributed by atoms with van der Waals surface area (Å²) in [5.74, 6) is 1.09. The quantitative estimate of drug-likeness (QED) is 0.732. The van der Waals surface area contributed by atoms with Crippen LogP contribution in [-0.2, 0) is 11.2 Å². The van der Waals surface area contributed by atoms with Gasteiger partial charge in [-0.15, -0.1) is 0 Å². The highest BCUT2D eigenvalue weighted by atomic mass is 19.3. The molecule has 0 unspecified atom stereocenters. The van der Waals surface area contributed by atoms with Crippen LogP contribution in [0.1, 0.15) is 11.6 Å². The molecule has 84 valence electrons. The number of ether oxygens (including phenoxy) is 1. The van der Waals surface area contributed by atoms with Gasteiger partial charge in [-0.2, -0.15) is 9.97 Å². The van der Waals surface area contributed by atoms with Crippen molar-refractivity contribution in [3.8, 4) is 0 Å². The van der Waals surface area contributed by atoms with Crippen LogP contribution in [0.3, 0.4) is 0 Å². The third kappa shape index (κ3) is 4.59. The van der Waals surface area contributed by atoms with Crippen molar-refractivity contribution in [3.63, 3.8) is 0 Å². The van der Waals surface area contributed by atoms with E-state index in [4.69, 9.17) is 5.73 Å². The van der Waals surface area contributed by atoms with Gasteiger partial charge in [0.15, 0.2) is 0 Å². The molecule has 0 radical (unpaired) electrons. The van der Waals surface area contributed by atoms with Crippen LogP contribution in [0.25, 0.3) is 0 Å². The molecule has 1 aromatic rings. The lowest BCUT2D eigenvalue weighted by molar-refractivity contribution is 0.0182. The Labute approximate surface area is 85.7 Å². The highest BCUT2D eigenvalue weighted by Gasteiger charge is 2.04. The van der Waals surface area contributed by atoms with Crippen LogP contribution in [0, 0.1) is 6.92 Å². The van der Waals surface area contributed by atoms with Gasteiger partial charge in [-0.3, -0.25) is 0 Å². The Morgan fingerprint density at radius 1 is 1.33 bits per heavy atom. The van der Waals surface area contributed by atoms with Crippen LogP contribution in [0.15, 0.2) is 0 Å². The Morgan fingerprint density at radius 3 is 2.67 bits per heavy atom. The van der Waals surface area contributed by atoms with Crippen LogP contribution in [0.2, 0.25) is 0 Å². The van der Waals surface area contributed by atoms with E-state index in [2.05, 4.69) is 19.7 Å². The molecule has 0 aliphatic carbocycles. The SMILES string of the molecule is Cc1nc(N)nc(CCOCC(F)F)n1. The molecule has 0 saturated heterocycles. The number of alkyl halides is 2.